The van der Waals surface area contributed by atoms with Crippen molar-refractivity contribution >= 4 is 31.6 Å². The van der Waals surface area contributed by atoms with E-state index in [4.69, 9.17) is 11.6 Å². The highest BCUT2D eigenvalue weighted by Crippen LogP contribution is 2.21. The number of sulfonamides is 2. The molecule has 1 aliphatic heterocycles. The normalized spacial score (nSPS) is 22.5. The van der Waals surface area contributed by atoms with E-state index in [0.29, 0.717) is 25.3 Å². The first-order valence-corrected chi connectivity index (χ1v) is 10.3. The van der Waals surface area contributed by atoms with E-state index >= 15 is 0 Å². The zero-order valence-electron chi connectivity index (χ0n) is 11.0. The highest BCUT2D eigenvalue weighted by molar-refractivity contribution is 7.89. The molecule has 0 amide bonds. The van der Waals surface area contributed by atoms with E-state index in [-0.39, 0.29) is 18.3 Å². The van der Waals surface area contributed by atoms with Crippen molar-refractivity contribution in [2.75, 3.05) is 31.0 Å². The van der Waals surface area contributed by atoms with Crippen LogP contribution in [0.3, 0.4) is 0 Å². The number of hydrogen-bond donors (Lipinski definition) is 1. The van der Waals surface area contributed by atoms with Crippen LogP contribution >= 0.6 is 11.6 Å². The van der Waals surface area contributed by atoms with Crippen LogP contribution in [-0.4, -0.2) is 58.2 Å². The Morgan fingerprint density at radius 1 is 1.26 bits per heavy atom. The SMILES string of the molecule is CS(=O)(=O)NCC1CCCCN1S(=O)(=O)CCCCl. The summed E-state index contributed by atoms with van der Waals surface area (Å²) in [7, 11) is -6.65. The molecule has 0 spiro atoms. The first kappa shape index (κ1) is 17.2. The number of piperidine rings is 1. The van der Waals surface area contributed by atoms with Gasteiger partial charge in [0.25, 0.3) is 0 Å². The Bertz CT molecular complexity index is 478. The molecule has 0 radical (unpaired) electrons. The Hall–Kier alpha value is 0.110. The molecule has 6 nitrogen and oxygen atoms in total. The lowest BCUT2D eigenvalue weighted by molar-refractivity contribution is 0.253. The van der Waals surface area contributed by atoms with Crippen LogP contribution in [0.5, 0.6) is 0 Å². The van der Waals surface area contributed by atoms with Crippen molar-refractivity contribution in [3.05, 3.63) is 0 Å². The monoisotopic (exact) mass is 332 g/mol. The van der Waals surface area contributed by atoms with Crippen molar-refractivity contribution in [2.45, 2.75) is 31.7 Å². The van der Waals surface area contributed by atoms with Gasteiger partial charge in [0, 0.05) is 25.0 Å². The molecule has 0 aromatic carbocycles. The topological polar surface area (TPSA) is 83.6 Å². The van der Waals surface area contributed by atoms with E-state index in [0.717, 1.165) is 19.1 Å². The predicted octanol–water partition coefficient (Wildman–Crippen LogP) is 0.349. The summed E-state index contributed by atoms with van der Waals surface area (Å²) in [5, 5.41) is 0. The molecular formula is C10H21ClN2O4S2. The Morgan fingerprint density at radius 3 is 2.53 bits per heavy atom. The van der Waals surface area contributed by atoms with Gasteiger partial charge in [-0.2, -0.15) is 4.31 Å². The van der Waals surface area contributed by atoms with Crippen molar-refractivity contribution in [3.63, 3.8) is 0 Å². The van der Waals surface area contributed by atoms with Gasteiger partial charge in [-0.05, 0) is 19.3 Å². The van der Waals surface area contributed by atoms with Crippen LogP contribution in [0.15, 0.2) is 0 Å². The van der Waals surface area contributed by atoms with Crippen molar-refractivity contribution in [2.24, 2.45) is 0 Å². The van der Waals surface area contributed by atoms with Crippen molar-refractivity contribution in [1.82, 2.24) is 9.03 Å². The third-order valence-electron chi connectivity index (χ3n) is 3.05. The van der Waals surface area contributed by atoms with Crippen LogP contribution < -0.4 is 4.72 Å². The van der Waals surface area contributed by atoms with E-state index in [1.165, 1.54) is 4.31 Å². The van der Waals surface area contributed by atoms with E-state index < -0.39 is 20.0 Å². The third-order valence-corrected chi connectivity index (χ3v) is 6.01. The van der Waals surface area contributed by atoms with Gasteiger partial charge in [-0.3, -0.25) is 0 Å². The first-order chi connectivity index (χ1) is 8.76. The molecule has 1 aliphatic rings. The van der Waals surface area contributed by atoms with Gasteiger partial charge in [-0.25, -0.2) is 21.6 Å². The molecular weight excluding hydrogens is 312 g/mol. The van der Waals surface area contributed by atoms with E-state index in [1.807, 2.05) is 0 Å². The van der Waals surface area contributed by atoms with Gasteiger partial charge in [0.2, 0.25) is 20.0 Å². The average molecular weight is 333 g/mol. The molecule has 1 fully saturated rings. The maximum atomic E-state index is 12.2. The summed E-state index contributed by atoms with van der Waals surface area (Å²) >= 11 is 5.53. The maximum absolute atomic E-state index is 12.2. The summed E-state index contributed by atoms with van der Waals surface area (Å²) in [6.07, 6.45) is 3.89. The molecule has 1 N–H and O–H groups in total. The van der Waals surface area contributed by atoms with Gasteiger partial charge >= 0.3 is 0 Å². The summed E-state index contributed by atoms with van der Waals surface area (Å²) < 4.78 is 50.4. The van der Waals surface area contributed by atoms with Crippen LogP contribution in [0.2, 0.25) is 0 Å². The minimum absolute atomic E-state index is 0.0197. The molecule has 0 saturated carbocycles. The molecule has 0 aliphatic carbocycles. The molecule has 1 rings (SSSR count). The van der Waals surface area contributed by atoms with Gasteiger partial charge in [0.1, 0.15) is 0 Å². The molecule has 0 aromatic heterocycles. The van der Waals surface area contributed by atoms with Crippen LogP contribution in [0, 0.1) is 0 Å². The number of nitrogens with zero attached hydrogens (tertiary/aromatic N) is 1. The van der Waals surface area contributed by atoms with Gasteiger partial charge in [-0.15, -0.1) is 11.6 Å². The lowest BCUT2D eigenvalue weighted by Crippen LogP contribution is -2.49. The second kappa shape index (κ2) is 7.21. The molecule has 19 heavy (non-hydrogen) atoms. The Labute approximate surface area is 120 Å². The number of halogens is 1. The number of rotatable bonds is 7. The van der Waals surface area contributed by atoms with Gasteiger partial charge < -0.3 is 0 Å². The Kier molecular flexibility index (Phi) is 6.52. The van der Waals surface area contributed by atoms with Gasteiger partial charge in [0.15, 0.2) is 0 Å². The van der Waals surface area contributed by atoms with E-state index in [9.17, 15) is 16.8 Å². The number of nitrogens with one attached hydrogen (secondary N) is 1. The standard InChI is InChI=1S/C10H21ClN2O4S2/c1-18(14,15)12-9-10-5-2-3-7-13(10)19(16,17)8-4-6-11/h10,12H,2-9H2,1H3. The zero-order valence-corrected chi connectivity index (χ0v) is 13.4. The fourth-order valence-electron chi connectivity index (χ4n) is 2.15. The largest absolute Gasteiger partial charge is 0.214 e. The predicted molar refractivity (Wildman–Crippen MR) is 76.3 cm³/mol. The summed E-state index contributed by atoms with van der Waals surface area (Å²) in [5.74, 6) is 0.325. The minimum atomic E-state index is -3.35. The summed E-state index contributed by atoms with van der Waals surface area (Å²) in [5.41, 5.74) is 0. The Morgan fingerprint density at radius 2 is 1.95 bits per heavy atom. The van der Waals surface area contributed by atoms with Crippen LogP contribution in [0.1, 0.15) is 25.7 Å². The summed E-state index contributed by atoms with van der Waals surface area (Å²) in [6.45, 7) is 0.597. The molecule has 1 saturated heterocycles. The second-order valence-corrected chi connectivity index (χ2v) is 8.99. The van der Waals surface area contributed by atoms with E-state index in [1.54, 1.807) is 0 Å². The van der Waals surface area contributed by atoms with Crippen LogP contribution in [0.25, 0.3) is 0 Å². The van der Waals surface area contributed by atoms with E-state index in [2.05, 4.69) is 4.72 Å². The molecule has 114 valence electrons. The number of alkyl halides is 1. The lowest BCUT2D eigenvalue weighted by atomic mass is 10.1. The molecule has 0 aromatic rings. The van der Waals surface area contributed by atoms with Gasteiger partial charge in [0.05, 0.1) is 12.0 Å². The fourth-order valence-corrected chi connectivity index (χ4v) is 4.72. The third kappa shape index (κ3) is 5.95. The van der Waals surface area contributed by atoms with Gasteiger partial charge in [-0.1, -0.05) is 6.42 Å². The van der Waals surface area contributed by atoms with Crippen molar-refractivity contribution < 1.29 is 16.8 Å². The second-order valence-electron chi connectivity index (χ2n) is 4.74. The zero-order chi connectivity index (χ0) is 14.5. The quantitative estimate of drug-likeness (QED) is 0.682. The Balaban J connectivity index is 2.72. The minimum Gasteiger partial charge on any atom is -0.214 e. The highest BCUT2D eigenvalue weighted by Gasteiger charge is 2.32. The summed E-state index contributed by atoms with van der Waals surface area (Å²) in [4.78, 5) is 0. The molecule has 1 heterocycles. The average Bonchev–Trinajstić information content (AvgIpc) is 2.33. The molecule has 0 bridgehead atoms. The van der Waals surface area contributed by atoms with Crippen LogP contribution in [0.4, 0.5) is 0 Å². The highest BCUT2D eigenvalue weighted by atomic mass is 35.5. The molecule has 1 unspecified atom stereocenters. The first-order valence-electron chi connectivity index (χ1n) is 6.26. The summed E-state index contributed by atoms with van der Waals surface area (Å²) in [6, 6.07) is -0.288. The number of hydrogen-bond acceptors (Lipinski definition) is 4. The fraction of sp³-hybridized carbons (Fsp3) is 1.00. The van der Waals surface area contributed by atoms with Crippen molar-refractivity contribution in [3.8, 4) is 0 Å². The molecule has 9 heteroatoms. The maximum Gasteiger partial charge on any atom is 0.214 e. The lowest BCUT2D eigenvalue weighted by Gasteiger charge is -2.34. The smallest absolute Gasteiger partial charge is 0.214 e. The molecule has 1 atom stereocenters. The van der Waals surface area contributed by atoms with Crippen molar-refractivity contribution in [1.29, 1.82) is 0 Å². The van der Waals surface area contributed by atoms with Crippen LogP contribution in [-0.2, 0) is 20.0 Å².